The zero-order valence-corrected chi connectivity index (χ0v) is 18.3. The molecule has 5 nitrogen and oxygen atoms in total. The first-order chi connectivity index (χ1) is 13.8. The van der Waals surface area contributed by atoms with Gasteiger partial charge in [0.1, 0.15) is 5.75 Å². The van der Waals surface area contributed by atoms with E-state index in [1.807, 2.05) is 36.2 Å². The number of rotatable bonds is 6. The van der Waals surface area contributed by atoms with Crippen LogP contribution < -0.4 is 4.74 Å². The number of ether oxygens (including phenoxy) is 1. The summed E-state index contributed by atoms with van der Waals surface area (Å²) in [6.45, 7) is 8.70. The Bertz CT molecular complexity index is 903. The van der Waals surface area contributed by atoms with Crippen molar-refractivity contribution >= 4 is 11.6 Å². The lowest BCUT2D eigenvalue weighted by atomic mass is 9.95. The molecule has 0 saturated carbocycles. The Labute approximate surface area is 174 Å². The molecule has 1 aliphatic rings. The standard InChI is InChI=1S/C24H31N3O2/c1-16(2)26(5)15-24(28)27-23(19-8-10-20(29-6)11-9-19)14-22(25-27)21-12-7-17(3)13-18(21)4/h7-13,16,23H,14-15H2,1-6H3. The molecule has 1 heterocycles. The molecule has 29 heavy (non-hydrogen) atoms. The second-order valence-corrected chi connectivity index (χ2v) is 8.11. The van der Waals surface area contributed by atoms with E-state index in [4.69, 9.17) is 9.84 Å². The van der Waals surface area contributed by atoms with E-state index in [-0.39, 0.29) is 11.9 Å². The molecule has 5 heteroatoms. The van der Waals surface area contributed by atoms with E-state index in [9.17, 15) is 4.79 Å². The number of likely N-dealkylation sites (N-methyl/N-ethyl adjacent to an activating group) is 1. The van der Waals surface area contributed by atoms with E-state index in [0.29, 0.717) is 19.0 Å². The predicted molar refractivity (Wildman–Crippen MR) is 117 cm³/mol. The van der Waals surface area contributed by atoms with Crippen LogP contribution in [0.2, 0.25) is 0 Å². The van der Waals surface area contributed by atoms with Crippen LogP contribution in [0.3, 0.4) is 0 Å². The quantitative estimate of drug-likeness (QED) is 0.734. The Hall–Kier alpha value is -2.66. The summed E-state index contributed by atoms with van der Waals surface area (Å²) < 4.78 is 5.29. The molecular formula is C24H31N3O2. The highest BCUT2D eigenvalue weighted by Gasteiger charge is 2.34. The lowest BCUT2D eigenvalue weighted by Crippen LogP contribution is -2.39. The van der Waals surface area contributed by atoms with Crippen LogP contribution in [0.5, 0.6) is 5.75 Å². The van der Waals surface area contributed by atoms with Crippen LogP contribution in [-0.2, 0) is 4.79 Å². The van der Waals surface area contributed by atoms with Crippen molar-refractivity contribution in [1.29, 1.82) is 0 Å². The SMILES string of the molecule is COc1ccc(C2CC(c3ccc(C)cc3C)=NN2C(=O)CN(C)C(C)C)cc1. The highest BCUT2D eigenvalue weighted by molar-refractivity contribution is 6.04. The molecule has 0 fully saturated rings. The van der Waals surface area contributed by atoms with Crippen molar-refractivity contribution < 1.29 is 9.53 Å². The number of benzene rings is 2. The normalized spacial score (nSPS) is 16.5. The summed E-state index contributed by atoms with van der Waals surface area (Å²) in [7, 11) is 3.62. The van der Waals surface area contributed by atoms with Gasteiger partial charge in [-0.1, -0.05) is 35.9 Å². The Morgan fingerprint density at radius 2 is 1.90 bits per heavy atom. The molecule has 0 bridgehead atoms. The minimum Gasteiger partial charge on any atom is -0.497 e. The monoisotopic (exact) mass is 393 g/mol. The van der Waals surface area contributed by atoms with Crippen molar-refractivity contribution in [2.24, 2.45) is 5.10 Å². The summed E-state index contributed by atoms with van der Waals surface area (Å²) >= 11 is 0. The maximum Gasteiger partial charge on any atom is 0.257 e. The second kappa shape index (κ2) is 8.78. The fourth-order valence-corrected chi connectivity index (χ4v) is 3.59. The van der Waals surface area contributed by atoms with Gasteiger partial charge in [-0.25, -0.2) is 5.01 Å². The second-order valence-electron chi connectivity index (χ2n) is 8.11. The van der Waals surface area contributed by atoms with Gasteiger partial charge in [0.25, 0.3) is 5.91 Å². The van der Waals surface area contributed by atoms with Gasteiger partial charge in [0.15, 0.2) is 0 Å². The van der Waals surface area contributed by atoms with Crippen LogP contribution in [0, 0.1) is 13.8 Å². The van der Waals surface area contributed by atoms with Gasteiger partial charge in [0, 0.05) is 18.0 Å². The van der Waals surface area contributed by atoms with E-state index in [0.717, 1.165) is 22.6 Å². The highest BCUT2D eigenvalue weighted by Crippen LogP contribution is 2.34. The molecule has 2 aromatic rings. The van der Waals surface area contributed by atoms with E-state index >= 15 is 0 Å². The first-order valence-corrected chi connectivity index (χ1v) is 10.1. The first-order valence-electron chi connectivity index (χ1n) is 10.1. The van der Waals surface area contributed by atoms with Gasteiger partial charge in [-0.3, -0.25) is 9.69 Å². The number of nitrogens with zero attached hydrogens (tertiary/aromatic N) is 3. The molecule has 0 aliphatic carbocycles. The van der Waals surface area contributed by atoms with E-state index < -0.39 is 0 Å². The predicted octanol–water partition coefficient (Wildman–Crippen LogP) is 4.33. The van der Waals surface area contributed by atoms with Gasteiger partial charge in [0.2, 0.25) is 0 Å². The summed E-state index contributed by atoms with van der Waals surface area (Å²) in [4.78, 5) is 15.2. The lowest BCUT2D eigenvalue weighted by molar-refractivity contribution is -0.134. The maximum atomic E-state index is 13.1. The summed E-state index contributed by atoms with van der Waals surface area (Å²) in [5, 5.41) is 6.48. The molecule has 0 aromatic heterocycles. The Morgan fingerprint density at radius 3 is 2.48 bits per heavy atom. The zero-order valence-electron chi connectivity index (χ0n) is 18.3. The van der Waals surface area contributed by atoms with Crippen molar-refractivity contribution in [3.63, 3.8) is 0 Å². The van der Waals surface area contributed by atoms with Gasteiger partial charge in [-0.2, -0.15) is 5.10 Å². The smallest absolute Gasteiger partial charge is 0.257 e. The van der Waals surface area contributed by atoms with E-state index in [1.165, 1.54) is 11.1 Å². The minimum absolute atomic E-state index is 0.0155. The molecule has 2 aromatic carbocycles. The molecule has 0 saturated heterocycles. The third-order valence-corrected chi connectivity index (χ3v) is 5.63. The summed E-state index contributed by atoms with van der Waals surface area (Å²) in [6.07, 6.45) is 0.702. The molecule has 1 aliphatic heterocycles. The Balaban J connectivity index is 1.94. The summed E-state index contributed by atoms with van der Waals surface area (Å²) in [6, 6.07) is 14.5. The molecule has 0 radical (unpaired) electrons. The van der Waals surface area contributed by atoms with Gasteiger partial charge >= 0.3 is 0 Å². The Kier molecular flexibility index (Phi) is 6.38. The van der Waals surface area contributed by atoms with Crippen molar-refractivity contribution in [2.75, 3.05) is 20.7 Å². The first kappa shape index (κ1) is 21.1. The number of carbonyl (C=O) groups excluding carboxylic acids is 1. The maximum absolute atomic E-state index is 13.1. The molecule has 0 N–H and O–H groups in total. The Morgan fingerprint density at radius 1 is 1.21 bits per heavy atom. The molecular weight excluding hydrogens is 362 g/mol. The lowest BCUT2D eigenvalue weighted by Gasteiger charge is -2.26. The van der Waals surface area contributed by atoms with Gasteiger partial charge in [-0.15, -0.1) is 0 Å². The summed E-state index contributed by atoms with van der Waals surface area (Å²) in [5.41, 5.74) is 5.55. The fourth-order valence-electron chi connectivity index (χ4n) is 3.59. The number of hydrazone groups is 1. The van der Waals surface area contributed by atoms with Crippen LogP contribution in [0.15, 0.2) is 47.6 Å². The molecule has 154 valence electrons. The average molecular weight is 394 g/mol. The molecule has 1 atom stereocenters. The highest BCUT2D eigenvalue weighted by atomic mass is 16.5. The fraction of sp³-hybridized carbons (Fsp3) is 0.417. The van der Waals surface area contributed by atoms with E-state index in [2.05, 4.69) is 45.9 Å². The average Bonchev–Trinajstić information content (AvgIpc) is 3.13. The van der Waals surface area contributed by atoms with Crippen molar-refractivity contribution in [2.45, 2.75) is 46.2 Å². The number of methoxy groups -OCH3 is 1. The number of carbonyl (C=O) groups is 1. The van der Waals surface area contributed by atoms with Crippen LogP contribution in [0.4, 0.5) is 0 Å². The topological polar surface area (TPSA) is 45.1 Å². The van der Waals surface area contributed by atoms with Gasteiger partial charge < -0.3 is 4.74 Å². The molecule has 1 amide bonds. The van der Waals surface area contributed by atoms with Crippen molar-refractivity contribution in [1.82, 2.24) is 9.91 Å². The zero-order chi connectivity index (χ0) is 21.1. The van der Waals surface area contributed by atoms with Gasteiger partial charge in [-0.05, 0) is 58.0 Å². The number of hydrogen-bond donors (Lipinski definition) is 0. The minimum atomic E-state index is -0.107. The van der Waals surface area contributed by atoms with Crippen molar-refractivity contribution in [3.05, 3.63) is 64.7 Å². The van der Waals surface area contributed by atoms with Crippen molar-refractivity contribution in [3.8, 4) is 5.75 Å². The van der Waals surface area contributed by atoms with Crippen LogP contribution in [0.1, 0.15) is 48.6 Å². The third kappa shape index (κ3) is 4.67. The van der Waals surface area contributed by atoms with Crippen LogP contribution in [-0.4, -0.2) is 48.3 Å². The van der Waals surface area contributed by atoms with Crippen LogP contribution in [0.25, 0.3) is 0 Å². The third-order valence-electron chi connectivity index (χ3n) is 5.63. The van der Waals surface area contributed by atoms with Crippen LogP contribution >= 0.6 is 0 Å². The number of hydrogen-bond acceptors (Lipinski definition) is 4. The largest absolute Gasteiger partial charge is 0.497 e. The number of aryl methyl sites for hydroxylation is 2. The van der Waals surface area contributed by atoms with Gasteiger partial charge in [0.05, 0.1) is 25.4 Å². The molecule has 1 unspecified atom stereocenters. The molecule has 0 spiro atoms. The number of amides is 1. The molecule has 3 rings (SSSR count). The van der Waals surface area contributed by atoms with E-state index in [1.54, 1.807) is 12.1 Å². The summed E-state index contributed by atoms with van der Waals surface area (Å²) in [5.74, 6) is 0.821.